The second kappa shape index (κ2) is 21.4. The van der Waals surface area contributed by atoms with Gasteiger partial charge in [0.2, 0.25) is 11.0 Å². The van der Waals surface area contributed by atoms with Gasteiger partial charge >= 0.3 is 0 Å². The van der Waals surface area contributed by atoms with Gasteiger partial charge < -0.3 is 80.7 Å². The zero-order valence-electron chi connectivity index (χ0n) is 30.8. The second-order valence-corrected chi connectivity index (χ2v) is 12.8. The van der Waals surface area contributed by atoms with Crippen LogP contribution in [0.3, 0.4) is 0 Å². The van der Waals surface area contributed by atoms with Gasteiger partial charge in [0.15, 0.2) is 12.4 Å². The summed E-state index contributed by atoms with van der Waals surface area (Å²) in [4.78, 5) is 37.7. The molecule has 56 heavy (non-hydrogen) atoms. The van der Waals surface area contributed by atoms with Crippen molar-refractivity contribution in [2.24, 2.45) is 25.6 Å². The summed E-state index contributed by atoms with van der Waals surface area (Å²) >= 11 is 0. The van der Waals surface area contributed by atoms with Crippen LogP contribution >= 0.6 is 48.0 Å². The number of anilines is 4. The Morgan fingerprint density at radius 1 is 0.607 bits per heavy atom. The molecule has 0 aliphatic rings. The minimum absolute atomic E-state index is 0. The number of aromatic nitrogens is 4. The van der Waals surface area contributed by atoms with E-state index in [1.165, 1.54) is 0 Å². The number of fused-ring (bicyclic) bond motifs is 5. The van der Waals surface area contributed by atoms with E-state index >= 15 is 0 Å². The Hall–Kier alpha value is -3.32. The highest BCUT2D eigenvalue weighted by molar-refractivity contribution is 14.0. The largest absolute Gasteiger partial charge is 1.00 e. The number of hydrogen-bond acceptors (Lipinski definition) is 8. The predicted octanol–water partition coefficient (Wildman–Crippen LogP) is 0.00840. The number of nitrogens with one attached hydrogen (secondary N) is 4. The van der Waals surface area contributed by atoms with Crippen LogP contribution in [0.2, 0.25) is 0 Å². The van der Waals surface area contributed by atoms with E-state index in [4.69, 9.17) is 21.4 Å². The second-order valence-electron chi connectivity index (χ2n) is 12.8. The van der Waals surface area contributed by atoms with Crippen LogP contribution < -0.4 is 89.8 Å². The molecule has 0 radical (unpaired) electrons. The maximum atomic E-state index is 13.9. The lowest BCUT2D eigenvalue weighted by atomic mass is 10.1. The predicted molar refractivity (Wildman–Crippen MR) is 238 cm³/mol. The number of carbonyl (C=O) groups excluding carboxylic acids is 2. The molecule has 0 fully saturated rings. The van der Waals surface area contributed by atoms with Crippen LogP contribution in [0, 0.1) is 0 Å². The number of nitrogens with zero attached hydrogens (tertiary/aromatic N) is 4. The molecule has 0 saturated heterocycles. The lowest BCUT2D eigenvalue weighted by molar-refractivity contribution is -0.644. The number of halogens is 4. The van der Waals surface area contributed by atoms with Crippen molar-refractivity contribution in [3.05, 3.63) is 109 Å². The first-order chi connectivity index (χ1) is 25.3. The summed E-state index contributed by atoms with van der Waals surface area (Å²) in [5, 5.41) is 16.5. The number of pyridine rings is 4. The van der Waals surface area contributed by atoms with E-state index < -0.39 is 0 Å². The molecule has 2 amide bonds. The van der Waals surface area contributed by atoms with Crippen molar-refractivity contribution in [3.63, 3.8) is 0 Å². The molecule has 0 saturated carbocycles. The number of aryl methyl sites for hydroxylation is 2. The highest BCUT2D eigenvalue weighted by atomic mass is 127. The van der Waals surface area contributed by atoms with Gasteiger partial charge in [0, 0.05) is 58.1 Å². The van der Waals surface area contributed by atoms with Gasteiger partial charge in [-0.15, -0.1) is 48.0 Å². The molecule has 7 rings (SSSR count). The molecule has 0 spiro atoms. The first-order valence-corrected chi connectivity index (χ1v) is 17.4. The molecular formula is C40H44I4N10O2. The van der Waals surface area contributed by atoms with Crippen LogP contribution in [0.5, 0.6) is 0 Å². The number of para-hydroxylation sites is 2. The molecule has 7 aromatic rings. The van der Waals surface area contributed by atoms with Crippen molar-refractivity contribution in [2.45, 2.75) is 12.8 Å². The summed E-state index contributed by atoms with van der Waals surface area (Å²) < 4.78 is 3.94. The molecule has 294 valence electrons. The molecule has 0 unspecified atom stereocenters. The zero-order chi connectivity index (χ0) is 36.2. The number of benzene rings is 3. The summed E-state index contributed by atoms with van der Waals surface area (Å²) in [6.07, 6.45) is 5.21. The van der Waals surface area contributed by atoms with Gasteiger partial charge in [0.25, 0.3) is 11.8 Å². The van der Waals surface area contributed by atoms with E-state index in [-0.39, 0.29) is 119 Å². The molecule has 4 aromatic heterocycles. The van der Waals surface area contributed by atoms with Crippen LogP contribution in [0.25, 0.3) is 43.6 Å². The monoisotopic (exact) mass is 1200 g/mol. The molecule has 0 aliphatic carbocycles. The van der Waals surface area contributed by atoms with E-state index in [2.05, 4.69) is 21.3 Å². The smallest absolute Gasteiger partial charge is 0.274 e. The summed E-state index contributed by atoms with van der Waals surface area (Å²) in [7, 11) is 3.88. The topological polar surface area (TPSA) is 168 Å². The van der Waals surface area contributed by atoms with Gasteiger partial charge in [-0.1, -0.05) is 24.3 Å². The number of carbonyl (C=O) groups is 2. The quantitative estimate of drug-likeness (QED) is 0.0431. The van der Waals surface area contributed by atoms with Crippen LogP contribution in [0.1, 0.15) is 33.8 Å². The molecule has 8 N–H and O–H groups in total. The number of nitrogens with two attached hydrogens (primary N) is 2. The van der Waals surface area contributed by atoms with Crippen LogP contribution in [-0.4, -0.2) is 48.0 Å². The van der Waals surface area contributed by atoms with Crippen molar-refractivity contribution in [1.82, 2.24) is 9.97 Å². The van der Waals surface area contributed by atoms with Gasteiger partial charge in [0.05, 0.1) is 11.0 Å². The molecule has 4 heterocycles. The molecule has 16 heteroatoms. The summed E-state index contributed by atoms with van der Waals surface area (Å²) in [6.45, 7) is 2.22. The molecule has 0 bridgehead atoms. The zero-order valence-corrected chi connectivity index (χ0v) is 39.8. The Labute approximate surface area is 393 Å². The lowest BCUT2D eigenvalue weighted by Gasteiger charge is -2.16. The van der Waals surface area contributed by atoms with Gasteiger partial charge in [-0.05, 0) is 74.5 Å². The minimum Gasteiger partial charge on any atom is -1.00 e. The van der Waals surface area contributed by atoms with Crippen molar-refractivity contribution in [2.75, 3.05) is 47.4 Å². The van der Waals surface area contributed by atoms with E-state index in [9.17, 15) is 9.59 Å². The third kappa shape index (κ3) is 10.4. The summed E-state index contributed by atoms with van der Waals surface area (Å²) in [6, 6.07) is 27.2. The van der Waals surface area contributed by atoms with Crippen LogP contribution in [0.4, 0.5) is 22.7 Å². The van der Waals surface area contributed by atoms with E-state index in [1.54, 1.807) is 12.1 Å². The van der Waals surface area contributed by atoms with Gasteiger partial charge in [-0.25, -0.2) is 9.97 Å². The SMILES string of the molecule is C[n+]1cc(NC(=O)c2cc(NCCCN)c3ccc4c(NCCCN)cc(C(=O)Nc5cc6ccccc6[n+](C)c5)nc4c3n2)cc2ccccc21.I.I.[I-].[I-]. The average Bonchev–Trinajstić information content (AvgIpc) is 3.14. The number of amides is 2. The normalized spacial score (nSPS) is 10.5. The van der Waals surface area contributed by atoms with Crippen molar-refractivity contribution in [3.8, 4) is 0 Å². The lowest BCUT2D eigenvalue weighted by Crippen LogP contribution is -3.00. The standard InChI is InChI=1S/C40H40N10O2.4HI/c1-49-23-27(19-25-9-3-5-11-35(25)49)45-39(51)33-21-31(43-17-7-15-41)29-13-14-30-32(44-18-8-16-42)22-34(48-38(30)37(29)47-33)40(52)46-28-20-26-10-4-6-12-36(26)50(2)24-28;;;;/h3-6,9-14,19-24H,7-8,15-18,41-42H2,1-2H3,(H2-2,43,44,45,46,47,48,51,52);4*1H. The average molecular weight is 1200 g/mol. The fourth-order valence-corrected chi connectivity index (χ4v) is 6.50. The highest BCUT2D eigenvalue weighted by Gasteiger charge is 2.21. The number of hydrogen-bond donors (Lipinski definition) is 6. The molecule has 3 aromatic carbocycles. The molecular weight excluding hydrogens is 1160 g/mol. The minimum atomic E-state index is -0.379. The van der Waals surface area contributed by atoms with Crippen molar-refractivity contribution >= 4 is 126 Å². The molecule has 12 nitrogen and oxygen atoms in total. The third-order valence-corrected chi connectivity index (χ3v) is 9.05. The molecule has 0 aliphatic heterocycles. The van der Waals surface area contributed by atoms with Gasteiger partial charge in [-0.3, -0.25) is 9.59 Å². The fraction of sp³-hybridized carbons (Fsp3) is 0.200. The first kappa shape index (κ1) is 47.1. The Kier molecular flexibility index (Phi) is 18.0. The van der Waals surface area contributed by atoms with Crippen molar-refractivity contribution in [1.29, 1.82) is 0 Å². The third-order valence-electron chi connectivity index (χ3n) is 9.05. The summed E-state index contributed by atoms with van der Waals surface area (Å²) in [5.41, 5.74) is 17.8. The van der Waals surface area contributed by atoms with E-state index in [0.29, 0.717) is 60.0 Å². The van der Waals surface area contributed by atoms with Crippen LogP contribution in [0.15, 0.2) is 97.3 Å². The Morgan fingerprint density at radius 3 is 1.39 bits per heavy atom. The Balaban J connectivity index is 0.00000210. The summed E-state index contributed by atoms with van der Waals surface area (Å²) in [5.74, 6) is -0.758. The van der Waals surface area contributed by atoms with E-state index in [1.807, 2.05) is 108 Å². The van der Waals surface area contributed by atoms with E-state index in [0.717, 1.165) is 45.4 Å². The van der Waals surface area contributed by atoms with Gasteiger partial charge in [-0.2, -0.15) is 9.13 Å². The maximum Gasteiger partial charge on any atom is 0.274 e. The first-order valence-electron chi connectivity index (χ1n) is 17.4. The maximum absolute atomic E-state index is 13.9. The van der Waals surface area contributed by atoms with Crippen molar-refractivity contribution < 1.29 is 66.7 Å². The highest BCUT2D eigenvalue weighted by Crippen LogP contribution is 2.33. The fourth-order valence-electron chi connectivity index (χ4n) is 6.50. The Bertz CT molecular complexity index is 2330. The van der Waals surface area contributed by atoms with Crippen LogP contribution in [-0.2, 0) is 14.1 Å². The Morgan fingerprint density at radius 2 is 1.00 bits per heavy atom. The van der Waals surface area contributed by atoms with Gasteiger partial charge in [0.1, 0.15) is 36.9 Å². The number of rotatable bonds is 12. The molecule has 0 atom stereocenters.